The van der Waals surface area contributed by atoms with Crippen LogP contribution in [0.15, 0.2) is 0 Å². The van der Waals surface area contributed by atoms with Crippen LogP contribution in [0.5, 0.6) is 0 Å². The minimum absolute atomic E-state index is 0.125. The average Bonchev–Trinajstić information content (AvgIpc) is 1.86. The second-order valence-electron chi connectivity index (χ2n) is 2.50. The maximum atomic E-state index is 9.33. The van der Waals surface area contributed by atoms with E-state index in [-0.39, 0.29) is 25.2 Å². The van der Waals surface area contributed by atoms with E-state index in [1.165, 1.54) is 0 Å². The topological polar surface area (TPSA) is 60.7 Å². The normalized spacial score (nSPS) is 19.4. The summed E-state index contributed by atoms with van der Waals surface area (Å²) in [5.41, 5.74) is 0. The molecule has 0 saturated heterocycles. The first-order valence-corrected chi connectivity index (χ1v) is 4.44. The van der Waals surface area contributed by atoms with E-state index in [1.54, 1.807) is 0 Å². The number of hydrogen-bond acceptors (Lipinski definition) is 5. The van der Waals surface area contributed by atoms with Gasteiger partial charge in [0.05, 0.1) is 6.10 Å². The molecule has 0 aromatic heterocycles. The van der Waals surface area contributed by atoms with Crippen LogP contribution in [0.4, 0.5) is 0 Å². The first-order chi connectivity index (χ1) is 5.02. The van der Waals surface area contributed by atoms with Crippen molar-refractivity contribution in [2.24, 2.45) is 0 Å². The number of aliphatic hydroxyl groups is 3. The van der Waals surface area contributed by atoms with E-state index < -0.39 is 11.0 Å². The lowest BCUT2D eigenvalue weighted by atomic mass is 10.1. The molecule has 0 aliphatic rings. The molecular weight excluding hydrogens is 184 g/mol. The molecule has 3 nitrogen and oxygen atoms in total. The molecule has 0 bridgehead atoms. The molecule has 0 radical (unpaired) electrons. The van der Waals surface area contributed by atoms with Gasteiger partial charge in [-0.1, -0.05) is 0 Å². The van der Waals surface area contributed by atoms with Gasteiger partial charge in [0.25, 0.3) is 0 Å². The predicted molar refractivity (Wildman–Crippen MR) is 50.1 cm³/mol. The predicted octanol–water partition coefficient (Wildman–Crippen LogP) is -0.332. The molecule has 0 aromatic carbocycles. The molecule has 0 heterocycles. The minimum atomic E-state index is -1.28. The van der Waals surface area contributed by atoms with Crippen molar-refractivity contribution >= 4 is 25.3 Å². The molecule has 5 heteroatoms. The summed E-state index contributed by atoms with van der Waals surface area (Å²) in [4.78, 5) is -1.28. The van der Waals surface area contributed by atoms with Crippen molar-refractivity contribution in [3.8, 4) is 0 Å². The standard InChI is InChI=1S/C6H14O3S2/c7-2-1-6(9,11)3-5(8)4-10/h5,7-11H,1-4H2. The maximum absolute atomic E-state index is 9.33. The fraction of sp³-hybridized carbons (Fsp3) is 1.00. The Labute approximate surface area is 77.3 Å². The monoisotopic (exact) mass is 198 g/mol. The summed E-state index contributed by atoms with van der Waals surface area (Å²) in [7, 11) is 0. The second-order valence-corrected chi connectivity index (χ2v) is 3.69. The van der Waals surface area contributed by atoms with Gasteiger partial charge in [0.15, 0.2) is 0 Å². The Morgan fingerprint density at radius 2 is 2.00 bits per heavy atom. The summed E-state index contributed by atoms with van der Waals surface area (Å²) in [5.74, 6) is 0.286. The lowest BCUT2D eigenvalue weighted by molar-refractivity contribution is 0.0505. The molecule has 3 N–H and O–H groups in total. The third kappa shape index (κ3) is 5.81. The highest BCUT2D eigenvalue weighted by molar-refractivity contribution is 7.81. The smallest absolute Gasteiger partial charge is 0.112 e. The third-order valence-corrected chi connectivity index (χ3v) is 2.11. The zero-order valence-electron chi connectivity index (χ0n) is 6.14. The largest absolute Gasteiger partial charge is 0.396 e. The highest BCUT2D eigenvalue weighted by atomic mass is 32.1. The van der Waals surface area contributed by atoms with Crippen molar-refractivity contribution in [3.63, 3.8) is 0 Å². The van der Waals surface area contributed by atoms with Crippen LogP contribution in [0.1, 0.15) is 12.8 Å². The molecule has 0 aliphatic carbocycles. The Kier molecular flexibility index (Phi) is 5.54. The van der Waals surface area contributed by atoms with E-state index >= 15 is 0 Å². The van der Waals surface area contributed by atoms with Crippen LogP contribution in [-0.2, 0) is 0 Å². The van der Waals surface area contributed by atoms with E-state index in [2.05, 4.69) is 25.3 Å². The zero-order chi connectivity index (χ0) is 8.91. The number of hydrogen-bond donors (Lipinski definition) is 5. The van der Waals surface area contributed by atoms with Gasteiger partial charge >= 0.3 is 0 Å². The van der Waals surface area contributed by atoms with Gasteiger partial charge in [-0.2, -0.15) is 12.6 Å². The minimum Gasteiger partial charge on any atom is -0.396 e. The highest BCUT2D eigenvalue weighted by Crippen LogP contribution is 2.21. The van der Waals surface area contributed by atoms with Crippen molar-refractivity contribution < 1.29 is 15.3 Å². The van der Waals surface area contributed by atoms with Crippen molar-refractivity contribution in [2.75, 3.05) is 12.4 Å². The molecule has 0 rings (SSSR count). The van der Waals surface area contributed by atoms with Gasteiger partial charge in [0, 0.05) is 25.2 Å². The molecule has 2 unspecified atom stereocenters. The van der Waals surface area contributed by atoms with Crippen molar-refractivity contribution in [2.45, 2.75) is 23.9 Å². The lowest BCUT2D eigenvalue weighted by Gasteiger charge is -2.23. The molecule has 0 saturated carbocycles. The van der Waals surface area contributed by atoms with Crippen molar-refractivity contribution in [1.29, 1.82) is 0 Å². The van der Waals surface area contributed by atoms with Crippen molar-refractivity contribution in [3.05, 3.63) is 0 Å². The van der Waals surface area contributed by atoms with Crippen LogP contribution in [0.25, 0.3) is 0 Å². The van der Waals surface area contributed by atoms with Gasteiger partial charge in [-0.3, -0.25) is 0 Å². The van der Waals surface area contributed by atoms with E-state index in [9.17, 15) is 5.11 Å². The lowest BCUT2D eigenvalue weighted by Crippen LogP contribution is -2.29. The van der Waals surface area contributed by atoms with Gasteiger partial charge in [0.2, 0.25) is 0 Å². The molecule has 0 amide bonds. The van der Waals surface area contributed by atoms with E-state index in [0.717, 1.165) is 0 Å². The number of rotatable bonds is 5. The van der Waals surface area contributed by atoms with Crippen LogP contribution >= 0.6 is 25.3 Å². The van der Waals surface area contributed by atoms with E-state index in [0.29, 0.717) is 0 Å². The molecule has 2 atom stereocenters. The Hall–Kier alpha value is 0.580. The van der Waals surface area contributed by atoms with E-state index in [1.807, 2.05) is 0 Å². The summed E-state index contributed by atoms with van der Waals surface area (Å²) in [5, 5.41) is 26.9. The van der Waals surface area contributed by atoms with Gasteiger partial charge in [-0.25, -0.2) is 0 Å². The average molecular weight is 198 g/mol. The fourth-order valence-corrected chi connectivity index (χ4v) is 1.16. The number of aliphatic hydroxyl groups excluding tert-OH is 2. The fourth-order valence-electron chi connectivity index (χ4n) is 0.723. The quantitative estimate of drug-likeness (QED) is 0.310. The van der Waals surface area contributed by atoms with Crippen LogP contribution in [0.3, 0.4) is 0 Å². The Morgan fingerprint density at radius 3 is 2.36 bits per heavy atom. The maximum Gasteiger partial charge on any atom is 0.112 e. The van der Waals surface area contributed by atoms with Gasteiger partial charge in [0.1, 0.15) is 4.93 Å². The van der Waals surface area contributed by atoms with Gasteiger partial charge in [-0.15, -0.1) is 12.6 Å². The Bertz CT molecular complexity index is 108. The molecule has 11 heavy (non-hydrogen) atoms. The highest BCUT2D eigenvalue weighted by Gasteiger charge is 2.23. The van der Waals surface area contributed by atoms with Gasteiger partial charge < -0.3 is 15.3 Å². The first-order valence-electron chi connectivity index (χ1n) is 3.36. The molecule has 68 valence electrons. The van der Waals surface area contributed by atoms with E-state index in [4.69, 9.17) is 10.2 Å². The van der Waals surface area contributed by atoms with Crippen LogP contribution in [-0.4, -0.2) is 38.7 Å². The molecular formula is C6H14O3S2. The first kappa shape index (κ1) is 11.6. The van der Waals surface area contributed by atoms with Crippen LogP contribution in [0.2, 0.25) is 0 Å². The summed E-state index contributed by atoms with van der Waals surface area (Å²) >= 11 is 7.70. The SMILES string of the molecule is OCCC(O)(S)CC(O)CS. The third-order valence-electron chi connectivity index (χ3n) is 1.29. The summed E-state index contributed by atoms with van der Waals surface area (Å²) in [6.07, 6.45) is -0.395. The molecule has 0 aliphatic heterocycles. The van der Waals surface area contributed by atoms with Crippen molar-refractivity contribution in [1.82, 2.24) is 0 Å². The molecule has 0 fully saturated rings. The summed E-state index contributed by atoms with van der Waals surface area (Å²) in [6, 6.07) is 0. The second kappa shape index (κ2) is 5.27. The zero-order valence-corrected chi connectivity index (χ0v) is 7.93. The Balaban J connectivity index is 3.70. The van der Waals surface area contributed by atoms with Crippen LogP contribution < -0.4 is 0 Å². The molecule has 0 spiro atoms. The van der Waals surface area contributed by atoms with Gasteiger partial charge in [-0.05, 0) is 0 Å². The summed E-state index contributed by atoms with van der Waals surface area (Å²) < 4.78 is 0. The summed E-state index contributed by atoms with van der Waals surface area (Å²) in [6.45, 7) is -0.140. The Morgan fingerprint density at radius 1 is 1.45 bits per heavy atom. The molecule has 0 aromatic rings. The van der Waals surface area contributed by atoms with Crippen LogP contribution in [0, 0.1) is 0 Å². The number of thiol groups is 2.